The van der Waals surface area contributed by atoms with Crippen molar-refractivity contribution in [3.63, 3.8) is 0 Å². The minimum atomic E-state index is -0.618. The Bertz CT molecular complexity index is 1080. The largest absolute Gasteiger partial charge is 0.492 e. The van der Waals surface area contributed by atoms with E-state index in [1.54, 1.807) is 24.3 Å². The Labute approximate surface area is 195 Å². The van der Waals surface area contributed by atoms with Crippen molar-refractivity contribution < 1.29 is 23.5 Å². The Balaban J connectivity index is 1.68. The van der Waals surface area contributed by atoms with Gasteiger partial charge in [0.1, 0.15) is 18.1 Å². The number of ether oxygens (including phenoxy) is 1. The first-order chi connectivity index (χ1) is 14.8. The third-order valence-electron chi connectivity index (χ3n) is 4.09. The smallest absolute Gasteiger partial charge is 0.294 e. The molecule has 0 saturated carbocycles. The Morgan fingerprint density at radius 3 is 2.74 bits per heavy atom. The van der Waals surface area contributed by atoms with Crippen molar-refractivity contribution in [2.24, 2.45) is 0 Å². The number of benzene rings is 2. The summed E-state index contributed by atoms with van der Waals surface area (Å²) >= 11 is 9.87. The van der Waals surface area contributed by atoms with Crippen molar-refractivity contribution in [2.45, 2.75) is 13.3 Å². The van der Waals surface area contributed by atoms with Gasteiger partial charge in [-0.05, 0) is 76.1 Å². The fraction of sp³-hybridized carbons (Fsp3) is 0.190. The SMILES string of the molecule is CCCOc1ccc(/C=C2\SC(=O)N(CC(=O)Nc3ccc(F)c(Cl)c3)C2=O)cc1Br. The maximum atomic E-state index is 13.2. The summed E-state index contributed by atoms with van der Waals surface area (Å²) in [6, 6.07) is 9.01. The molecule has 31 heavy (non-hydrogen) atoms. The van der Waals surface area contributed by atoms with Crippen LogP contribution in [-0.4, -0.2) is 35.1 Å². The monoisotopic (exact) mass is 526 g/mol. The number of carbonyl (C=O) groups is 3. The normalized spacial score (nSPS) is 15.0. The fourth-order valence-corrected chi connectivity index (χ4v) is 4.17. The molecular formula is C21H17BrClFN2O4S. The molecule has 0 radical (unpaired) electrons. The zero-order valence-electron chi connectivity index (χ0n) is 16.3. The van der Waals surface area contributed by atoms with Gasteiger partial charge in [-0.15, -0.1) is 0 Å². The number of hydrogen-bond donors (Lipinski definition) is 1. The summed E-state index contributed by atoms with van der Waals surface area (Å²) in [4.78, 5) is 38.2. The highest BCUT2D eigenvalue weighted by Gasteiger charge is 2.36. The van der Waals surface area contributed by atoms with Crippen LogP contribution in [0.2, 0.25) is 5.02 Å². The molecule has 2 aromatic carbocycles. The van der Waals surface area contributed by atoms with E-state index < -0.39 is 29.4 Å². The number of halogens is 3. The number of amides is 3. The Kier molecular flexibility index (Phi) is 7.74. The van der Waals surface area contributed by atoms with Crippen LogP contribution in [0, 0.1) is 5.82 Å². The molecule has 6 nitrogen and oxygen atoms in total. The molecule has 1 fully saturated rings. The number of imide groups is 1. The summed E-state index contributed by atoms with van der Waals surface area (Å²) < 4.78 is 19.6. The molecular weight excluding hydrogens is 511 g/mol. The summed E-state index contributed by atoms with van der Waals surface area (Å²) in [6.45, 7) is 2.13. The fourth-order valence-electron chi connectivity index (χ4n) is 2.64. The van der Waals surface area contributed by atoms with Gasteiger partial charge < -0.3 is 10.1 Å². The molecule has 2 aromatic rings. The molecule has 0 spiro atoms. The maximum absolute atomic E-state index is 13.2. The van der Waals surface area contributed by atoms with Crippen molar-refractivity contribution in [2.75, 3.05) is 18.5 Å². The molecule has 0 aromatic heterocycles. The van der Waals surface area contributed by atoms with Crippen LogP contribution in [0.3, 0.4) is 0 Å². The summed E-state index contributed by atoms with van der Waals surface area (Å²) in [5, 5.41) is 1.79. The van der Waals surface area contributed by atoms with Crippen molar-refractivity contribution in [3.05, 3.63) is 62.2 Å². The Hall–Kier alpha value is -2.36. The second kappa shape index (κ2) is 10.3. The molecule has 3 rings (SSSR count). The second-order valence-corrected chi connectivity index (χ2v) is 8.74. The van der Waals surface area contributed by atoms with E-state index in [1.807, 2.05) is 6.92 Å². The minimum absolute atomic E-state index is 0.149. The molecule has 1 heterocycles. The molecule has 1 saturated heterocycles. The van der Waals surface area contributed by atoms with Crippen LogP contribution in [0.25, 0.3) is 6.08 Å². The van der Waals surface area contributed by atoms with E-state index in [2.05, 4.69) is 21.2 Å². The third kappa shape index (κ3) is 5.87. The highest BCUT2D eigenvalue weighted by atomic mass is 79.9. The molecule has 3 amide bonds. The second-order valence-electron chi connectivity index (χ2n) is 6.48. The lowest BCUT2D eigenvalue weighted by atomic mass is 10.2. The molecule has 1 aliphatic heterocycles. The number of anilines is 1. The zero-order chi connectivity index (χ0) is 22.5. The van der Waals surface area contributed by atoms with E-state index in [4.69, 9.17) is 16.3 Å². The summed E-state index contributed by atoms with van der Waals surface area (Å²) in [7, 11) is 0. The van der Waals surface area contributed by atoms with Crippen LogP contribution in [0.5, 0.6) is 5.75 Å². The van der Waals surface area contributed by atoms with Crippen molar-refractivity contribution >= 4 is 68.1 Å². The third-order valence-corrected chi connectivity index (χ3v) is 5.91. The van der Waals surface area contributed by atoms with Gasteiger partial charge in [0.05, 0.1) is 21.0 Å². The van der Waals surface area contributed by atoms with Crippen molar-refractivity contribution in [3.8, 4) is 5.75 Å². The number of nitrogens with one attached hydrogen (secondary N) is 1. The quantitative estimate of drug-likeness (QED) is 0.467. The van der Waals surface area contributed by atoms with Crippen LogP contribution in [0.15, 0.2) is 45.8 Å². The van der Waals surface area contributed by atoms with E-state index in [0.717, 1.165) is 33.6 Å². The van der Waals surface area contributed by atoms with Crippen molar-refractivity contribution in [1.29, 1.82) is 0 Å². The van der Waals surface area contributed by atoms with Gasteiger partial charge in [-0.25, -0.2) is 4.39 Å². The predicted octanol–water partition coefficient (Wildman–Crippen LogP) is 5.71. The van der Waals surface area contributed by atoms with E-state index in [0.29, 0.717) is 17.9 Å². The number of carbonyl (C=O) groups excluding carboxylic acids is 3. The van der Waals surface area contributed by atoms with Gasteiger partial charge in [-0.1, -0.05) is 24.6 Å². The molecule has 162 valence electrons. The van der Waals surface area contributed by atoms with Gasteiger partial charge in [0.25, 0.3) is 11.1 Å². The molecule has 0 aliphatic carbocycles. The van der Waals surface area contributed by atoms with Gasteiger partial charge in [-0.3, -0.25) is 19.3 Å². The van der Waals surface area contributed by atoms with E-state index >= 15 is 0 Å². The standard InChI is InChI=1S/C21H17BrClFN2O4S/c1-2-7-30-17-6-3-12(8-14(17)22)9-18-20(28)26(21(29)31-18)11-19(27)25-13-4-5-16(24)15(23)10-13/h3-6,8-10H,2,7,11H2,1H3,(H,25,27)/b18-9-. The van der Waals surface area contributed by atoms with Crippen LogP contribution in [0.1, 0.15) is 18.9 Å². The highest BCUT2D eigenvalue weighted by molar-refractivity contribution is 9.10. The molecule has 0 unspecified atom stereocenters. The molecule has 1 aliphatic rings. The number of nitrogens with zero attached hydrogens (tertiary/aromatic N) is 1. The lowest BCUT2D eigenvalue weighted by molar-refractivity contribution is -0.127. The lowest BCUT2D eigenvalue weighted by Crippen LogP contribution is -2.36. The number of hydrogen-bond acceptors (Lipinski definition) is 5. The van der Waals surface area contributed by atoms with Gasteiger partial charge in [0.2, 0.25) is 5.91 Å². The van der Waals surface area contributed by atoms with E-state index in [-0.39, 0.29) is 15.6 Å². The van der Waals surface area contributed by atoms with Gasteiger partial charge in [0, 0.05) is 5.69 Å². The molecule has 10 heteroatoms. The van der Waals surface area contributed by atoms with Crippen LogP contribution in [-0.2, 0) is 9.59 Å². The topological polar surface area (TPSA) is 75.7 Å². The number of rotatable bonds is 7. The van der Waals surface area contributed by atoms with Gasteiger partial charge in [0.15, 0.2) is 0 Å². The summed E-state index contributed by atoms with van der Waals surface area (Å²) in [6.07, 6.45) is 2.46. The molecule has 0 atom stereocenters. The maximum Gasteiger partial charge on any atom is 0.294 e. The van der Waals surface area contributed by atoms with Gasteiger partial charge in [-0.2, -0.15) is 0 Å². The van der Waals surface area contributed by atoms with Gasteiger partial charge >= 0.3 is 0 Å². The Morgan fingerprint density at radius 2 is 2.06 bits per heavy atom. The zero-order valence-corrected chi connectivity index (χ0v) is 19.4. The predicted molar refractivity (Wildman–Crippen MR) is 123 cm³/mol. The molecule has 0 bridgehead atoms. The summed E-state index contributed by atoms with van der Waals surface area (Å²) in [5.41, 5.74) is 0.959. The minimum Gasteiger partial charge on any atom is -0.492 e. The number of thioether (sulfide) groups is 1. The van der Waals surface area contributed by atoms with Crippen LogP contribution >= 0.6 is 39.3 Å². The average molecular weight is 528 g/mol. The summed E-state index contributed by atoms with van der Waals surface area (Å²) in [5.74, 6) is -1.10. The first kappa shape index (κ1) is 23.3. The van der Waals surface area contributed by atoms with Crippen LogP contribution in [0.4, 0.5) is 14.9 Å². The van der Waals surface area contributed by atoms with Crippen molar-refractivity contribution in [1.82, 2.24) is 4.90 Å². The van der Waals surface area contributed by atoms with E-state index in [1.165, 1.54) is 12.1 Å². The van der Waals surface area contributed by atoms with Crippen LogP contribution < -0.4 is 10.1 Å². The first-order valence-corrected chi connectivity index (χ1v) is 11.2. The van der Waals surface area contributed by atoms with E-state index in [9.17, 15) is 18.8 Å². The molecule has 1 N–H and O–H groups in total. The lowest BCUT2D eigenvalue weighted by Gasteiger charge is -2.12. The average Bonchev–Trinajstić information content (AvgIpc) is 2.97. The highest BCUT2D eigenvalue weighted by Crippen LogP contribution is 2.34. The Morgan fingerprint density at radius 1 is 1.29 bits per heavy atom. The first-order valence-electron chi connectivity index (χ1n) is 9.21.